The van der Waals surface area contributed by atoms with Crippen molar-refractivity contribution in [1.82, 2.24) is 0 Å². The largest absolute Gasteiger partial charge is 0.459 e. The fourth-order valence-corrected chi connectivity index (χ4v) is 2.35. The lowest BCUT2D eigenvalue weighted by molar-refractivity contribution is -0.890. The first-order chi connectivity index (χ1) is 10.1. The van der Waals surface area contributed by atoms with Gasteiger partial charge in [-0.05, 0) is 19.3 Å². The summed E-state index contributed by atoms with van der Waals surface area (Å²) >= 11 is 0. The highest BCUT2D eigenvalue weighted by molar-refractivity contribution is 7.52. The molecule has 0 rings (SSSR count). The summed E-state index contributed by atoms with van der Waals surface area (Å²) in [6.45, 7) is 11.3. The molecule has 0 saturated carbocycles. The summed E-state index contributed by atoms with van der Waals surface area (Å²) in [7, 11) is 0.0169. The molecule has 8 heteroatoms. The van der Waals surface area contributed by atoms with Crippen LogP contribution in [-0.2, 0) is 18.8 Å². The van der Waals surface area contributed by atoms with Crippen molar-refractivity contribution in [1.29, 1.82) is 0 Å². The molecular formula is C15H33NO6P+. The van der Waals surface area contributed by atoms with E-state index in [1.165, 1.54) is 0 Å². The number of hydrogen-bond acceptors (Lipinski definition) is 5. The molecule has 23 heavy (non-hydrogen) atoms. The van der Waals surface area contributed by atoms with Gasteiger partial charge in [0.05, 0.1) is 32.2 Å². The van der Waals surface area contributed by atoms with E-state index in [2.05, 4.69) is 4.67 Å². The Bertz CT molecular complexity index is 442. The van der Waals surface area contributed by atoms with Gasteiger partial charge in [-0.3, -0.25) is 9.36 Å². The van der Waals surface area contributed by atoms with Crippen molar-refractivity contribution in [3.63, 3.8) is 0 Å². The third kappa shape index (κ3) is 7.77. The van der Waals surface area contributed by atoms with Crippen molar-refractivity contribution in [3.05, 3.63) is 0 Å². The number of rotatable bonds is 9. The summed E-state index contributed by atoms with van der Waals surface area (Å²) < 4.78 is 20.7. The monoisotopic (exact) mass is 354 g/mol. The number of ether oxygens (including phenoxy) is 1. The third-order valence-corrected chi connectivity index (χ3v) is 5.78. The molecule has 138 valence electrons. The van der Waals surface area contributed by atoms with Crippen molar-refractivity contribution < 1.29 is 33.4 Å². The zero-order chi connectivity index (χ0) is 18.5. The minimum absolute atomic E-state index is 0.109. The van der Waals surface area contributed by atoms with E-state index in [1.54, 1.807) is 0 Å². The van der Waals surface area contributed by atoms with E-state index in [0.717, 1.165) is 0 Å². The van der Waals surface area contributed by atoms with Crippen LogP contribution in [0.15, 0.2) is 0 Å². The average Bonchev–Trinajstić information content (AvgIpc) is 2.36. The molecular weight excluding hydrogens is 321 g/mol. The Morgan fingerprint density at radius 2 is 1.65 bits per heavy atom. The summed E-state index contributed by atoms with van der Waals surface area (Å²) in [5, 5.41) is 8.29. The summed E-state index contributed by atoms with van der Waals surface area (Å²) in [5.74, 6) is -0.224. The van der Waals surface area contributed by atoms with Gasteiger partial charge in [0.1, 0.15) is 13.2 Å². The summed E-state index contributed by atoms with van der Waals surface area (Å²) in [5.41, 5.74) is -0.771. The molecule has 0 saturated heterocycles. The molecule has 0 aliphatic carbocycles. The van der Waals surface area contributed by atoms with Crippen LogP contribution in [0.1, 0.15) is 41.0 Å². The van der Waals surface area contributed by atoms with Gasteiger partial charge in [0, 0.05) is 6.42 Å². The molecule has 1 atom stereocenters. The number of carbonyl (C=O) groups is 1. The van der Waals surface area contributed by atoms with E-state index in [0.29, 0.717) is 30.6 Å². The van der Waals surface area contributed by atoms with Crippen LogP contribution in [0.2, 0.25) is 0 Å². The highest BCUT2D eigenvalue weighted by Crippen LogP contribution is 2.41. The second-order valence-corrected chi connectivity index (χ2v) is 10.1. The second-order valence-electron chi connectivity index (χ2n) is 8.19. The number of esters is 1. The Labute approximate surface area is 139 Å². The minimum atomic E-state index is -3.88. The second kappa shape index (κ2) is 8.08. The number of carbonyl (C=O) groups excluding carboxylic acids is 1. The molecule has 0 aliphatic heterocycles. The van der Waals surface area contributed by atoms with E-state index in [1.807, 2.05) is 48.7 Å². The van der Waals surface area contributed by atoms with Gasteiger partial charge in [-0.25, -0.2) is 5.26 Å². The number of likely N-dealkylation sites (N-methyl/N-ethyl adjacent to an activating group) is 1. The van der Waals surface area contributed by atoms with E-state index < -0.39 is 13.0 Å². The van der Waals surface area contributed by atoms with Gasteiger partial charge in [0.15, 0.2) is 0 Å². The van der Waals surface area contributed by atoms with Crippen LogP contribution in [0.3, 0.4) is 0 Å². The fourth-order valence-electron chi connectivity index (χ4n) is 1.72. The van der Waals surface area contributed by atoms with Crippen molar-refractivity contribution >= 4 is 13.6 Å². The van der Waals surface area contributed by atoms with Crippen LogP contribution in [0.4, 0.5) is 0 Å². The highest BCUT2D eigenvalue weighted by Gasteiger charge is 2.41. The lowest BCUT2D eigenvalue weighted by Crippen LogP contribution is -2.45. The highest BCUT2D eigenvalue weighted by atomic mass is 31.2. The first-order valence-corrected chi connectivity index (χ1v) is 9.55. The molecule has 1 unspecified atom stereocenters. The molecule has 0 aromatic carbocycles. The number of nitrogens with zero attached hydrogens (tertiary/aromatic N) is 1. The molecule has 0 spiro atoms. The predicted octanol–water partition coefficient (Wildman–Crippen LogP) is 2.74. The SMILES string of the molecule is CC(C)(C)C(C)(C)C(=O)OCC[N+](C)(C)CCCP(=O)(O)OO. The summed E-state index contributed by atoms with van der Waals surface area (Å²) in [6, 6.07) is 0. The maximum atomic E-state index is 12.2. The maximum Gasteiger partial charge on any atom is 0.355 e. The Morgan fingerprint density at radius 1 is 1.13 bits per heavy atom. The first kappa shape index (κ1) is 22.5. The quantitative estimate of drug-likeness (QED) is 0.217. The van der Waals surface area contributed by atoms with Crippen LogP contribution in [0.5, 0.6) is 0 Å². The van der Waals surface area contributed by atoms with Gasteiger partial charge < -0.3 is 14.1 Å². The molecule has 0 aromatic rings. The van der Waals surface area contributed by atoms with Gasteiger partial charge in [0.2, 0.25) is 0 Å². The van der Waals surface area contributed by atoms with Gasteiger partial charge >= 0.3 is 13.6 Å². The zero-order valence-electron chi connectivity index (χ0n) is 15.5. The van der Waals surface area contributed by atoms with Crippen molar-refractivity contribution in [3.8, 4) is 0 Å². The van der Waals surface area contributed by atoms with E-state index in [-0.39, 0.29) is 17.5 Å². The molecule has 0 heterocycles. The predicted molar refractivity (Wildman–Crippen MR) is 89.1 cm³/mol. The molecule has 0 radical (unpaired) electrons. The van der Waals surface area contributed by atoms with Gasteiger partial charge in [0.25, 0.3) is 0 Å². The third-order valence-electron chi connectivity index (χ3n) is 4.65. The molecule has 0 bridgehead atoms. The fraction of sp³-hybridized carbons (Fsp3) is 0.933. The van der Waals surface area contributed by atoms with E-state index in [9.17, 15) is 9.36 Å². The van der Waals surface area contributed by atoms with E-state index in [4.69, 9.17) is 14.9 Å². The smallest absolute Gasteiger partial charge is 0.355 e. The first-order valence-electron chi connectivity index (χ1n) is 7.79. The zero-order valence-corrected chi connectivity index (χ0v) is 16.4. The molecule has 0 amide bonds. The average molecular weight is 354 g/mol. The normalized spacial score (nSPS) is 16.0. The Hall–Kier alpha value is -0.460. The molecule has 0 aromatic heterocycles. The van der Waals surface area contributed by atoms with Crippen LogP contribution in [0, 0.1) is 10.8 Å². The summed E-state index contributed by atoms with van der Waals surface area (Å²) in [6.07, 6.45) is 0.310. The lowest BCUT2D eigenvalue weighted by atomic mass is 9.69. The number of hydrogen-bond donors (Lipinski definition) is 2. The van der Waals surface area contributed by atoms with Gasteiger partial charge in [-0.15, -0.1) is 0 Å². The van der Waals surface area contributed by atoms with Crippen LogP contribution in [0.25, 0.3) is 0 Å². The molecule has 0 fully saturated rings. The molecule has 2 N–H and O–H groups in total. The number of quaternary nitrogens is 1. The lowest BCUT2D eigenvalue weighted by Gasteiger charge is -2.36. The van der Waals surface area contributed by atoms with Crippen molar-refractivity contribution in [2.45, 2.75) is 41.0 Å². The van der Waals surface area contributed by atoms with E-state index >= 15 is 0 Å². The van der Waals surface area contributed by atoms with Gasteiger partial charge in [-0.1, -0.05) is 20.8 Å². The Balaban J connectivity index is 4.30. The Kier molecular flexibility index (Phi) is 7.92. The standard InChI is InChI=1S/C15H32NO6P/c1-14(2,3)15(4,5)13(17)21-11-10-16(6,7)9-8-12-23(19,20)22-18/h8-12H2,1-7H3,(H-,18,19,20)/p+1. The Morgan fingerprint density at radius 3 is 2.09 bits per heavy atom. The maximum absolute atomic E-state index is 12.2. The van der Waals surface area contributed by atoms with Gasteiger partial charge in [-0.2, -0.15) is 4.67 Å². The summed E-state index contributed by atoms with van der Waals surface area (Å²) in [4.78, 5) is 21.4. The molecule has 0 aliphatic rings. The van der Waals surface area contributed by atoms with Crippen LogP contribution < -0.4 is 0 Å². The van der Waals surface area contributed by atoms with Crippen molar-refractivity contribution in [2.24, 2.45) is 10.8 Å². The van der Waals surface area contributed by atoms with Crippen molar-refractivity contribution in [2.75, 3.05) is 40.0 Å². The minimum Gasteiger partial charge on any atom is -0.459 e. The topological polar surface area (TPSA) is 93.1 Å². The van der Waals surface area contributed by atoms with Crippen LogP contribution >= 0.6 is 7.60 Å². The van der Waals surface area contributed by atoms with Crippen LogP contribution in [-0.4, -0.2) is 60.6 Å². The molecule has 7 nitrogen and oxygen atoms in total.